The third kappa shape index (κ3) is 2.39. The summed E-state index contributed by atoms with van der Waals surface area (Å²) in [5.74, 6) is 0.367. The third-order valence-corrected chi connectivity index (χ3v) is 3.91. The molecule has 2 aromatic rings. The molecular weight excluding hydrogens is 277 g/mol. The summed E-state index contributed by atoms with van der Waals surface area (Å²) in [6.07, 6.45) is 0.455. The molecule has 0 aromatic heterocycles. The van der Waals surface area contributed by atoms with Crippen LogP contribution in [0.4, 0.5) is 4.39 Å². The van der Waals surface area contributed by atoms with Crippen molar-refractivity contribution in [2.45, 2.75) is 25.5 Å². The van der Waals surface area contributed by atoms with Crippen molar-refractivity contribution < 1.29 is 9.13 Å². The van der Waals surface area contributed by atoms with Crippen molar-refractivity contribution >= 4 is 11.6 Å². The predicted molar refractivity (Wildman–Crippen MR) is 77.5 cm³/mol. The Labute approximate surface area is 122 Å². The van der Waals surface area contributed by atoms with Gasteiger partial charge in [-0.15, -0.1) is 0 Å². The van der Waals surface area contributed by atoms with Gasteiger partial charge in [-0.1, -0.05) is 35.4 Å². The van der Waals surface area contributed by atoms with Crippen LogP contribution in [0.1, 0.15) is 35.3 Å². The summed E-state index contributed by atoms with van der Waals surface area (Å²) >= 11 is 5.83. The highest BCUT2D eigenvalue weighted by Gasteiger charge is 2.27. The number of hydrogen-bond acceptors (Lipinski definition) is 2. The number of benzene rings is 2. The molecule has 0 spiro atoms. The Kier molecular flexibility index (Phi) is 3.40. The van der Waals surface area contributed by atoms with E-state index in [1.54, 1.807) is 12.1 Å². The lowest BCUT2D eigenvalue weighted by Gasteiger charge is -2.31. The molecule has 3 rings (SSSR count). The molecule has 2 N–H and O–H groups in total. The summed E-state index contributed by atoms with van der Waals surface area (Å²) in [4.78, 5) is 0. The third-order valence-electron chi connectivity index (χ3n) is 3.62. The molecule has 4 heteroatoms. The number of halogens is 2. The van der Waals surface area contributed by atoms with Crippen molar-refractivity contribution in [2.75, 3.05) is 0 Å². The van der Waals surface area contributed by atoms with Crippen LogP contribution in [0.2, 0.25) is 5.02 Å². The Balaban J connectivity index is 1.94. The number of hydrogen-bond donors (Lipinski definition) is 1. The van der Waals surface area contributed by atoms with E-state index in [9.17, 15) is 4.39 Å². The van der Waals surface area contributed by atoms with Crippen LogP contribution in [0.15, 0.2) is 36.4 Å². The van der Waals surface area contributed by atoms with Crippen LogP contribution in [0.3, 0.4) is 0 Å². The summed E-state index contributed by atoms with van der Waals surface area (Å²) in [7, 11) is 0. The zero-order valence-corrected chi connectivity index (χ0v) is 11.8. The van der Waals surface area contributed by atoms with E-state index in [0.717, 1.165) is 22.4 Å². The van der Waals surface area contributed by atoms with Gasteiger partial charge in [0.1, 0.15) is 17.7 Å². The fourth-order valence-corrected chi connectivity index (χ4v) is 2.73. The van der Waals surface area contributed by atoms with E-state index < -0.39 is 5.82 Å². The highest BCUT2D eigenvalue weighted by atomic mass is 35.5. The molecule has 0 bridgehead atoms. The van der Waals surface area contributed by atoms with Gasteiger partial charge in [0.25, 0.3) is 0 Å². The molecule has 2 nitrogen and oxygen atoms in total. The summed E-state index contributed by atoms with van der Waals surface area (Å²) < 4.78 is 19.2. The maximum Gasteiger partial charge on any atom is 0.141 e. The minimum Gasteiger partial charge on any atom is -0.485 e. The monoisotopic (exact) mass is 291 g/mol. The van der Waals surface area contributed by atoms with Crippen LogP contribution < -0.4 is 10.5 Å². The molecule has 1 aliphatic rings. The minimum atomic E-state index is -0.424. The Morgan fingerprint density at radius 3 is 2.80 bits per heavy atom. The fraction of sp³-hybridized carbons (Fsp3) is 0.250. The molecule has 2 aromatic carbocycles. The average molecular weight is 292 g/mol. The van der Waals surface area contributed by atoms with Crippen LogP contribution in [-0.2, 0) is 0 Å². The SMILES string of the molecule is Cc1ccc2c(c1)[C@@H](N)CC(c1ccc(F)c(Cl)c1)O2. The summed E-state index contributed by atoms with van der Waals surface area (Å²) in [6, 6.07) is 10.5. The highest BCUT2D eigenvalue weighted by Crippen LogP contribution is 2.40. The maximum absolute atomic E-state index is 13.2. The first-order chi connectivity index (χ1) is 9.54. The van der Waals surface area contributed by atoms with E-state index in [2.05, 4.69) is 0 Å². The van der Waals surface area contributed by atoms with Gasteiger partial charge in [0.15, 0.2) is 0 Å². The number of aryl methyl sites for hydroxylation is 1. The van der Waals surface area contributed by atoms with Crippen LogP contribution in [0, 0.1) is 12.7 Å². The van der Waals surface area contributed by atoms with Crippen LogP contribution in [0.5, 0.6) is 5.75 Å². The first-order valence-electron chi connectivity index (χ1n) is 6.52. The van der Waals surface area contributed by atoms with Gasteiger partial charge in [-0.05, 0) is 30.7 Å². The Morgan fingerprint density at radius 1 is 1.25 bits per heavy atom. The predicted octanol–water partition coefficient (Wildman–Crippen LogP) is 4.31. The summed E-state index contributed by atoms with van der Waals surface area (Å²) in [5.41, 5.74) is 9.25. The number of fused-ring (bicyclic) bond motifs is 1. The first kappa shape index (κ1) is 13.4. The molecular formula is C16H15ClFNO. The van der Waals surface area contributed by atoms with Gasteiger partial charge in [-0.3, -0.25) is 0 Å². The molecule has 0 saturated heterocycles. The molecule has 20 heavy (non-hydrogen) atoms. The van der Waals surface area contributed by atoms with Crippen molar-refractivity contribution in [2.24, 2.45) is 5.73 Å². The normalized spacial score (nSPS) is 21.2. The molecule has 0 saturated carbocycles. The van der Waals surface area contributed by atoms with Gasteiger partial charge < -0.3 is 10.5 Å². The van der Waals surface area contributed by atoms with Crippen LogP contribution in [-0.4, -0.2) is 0 Å². The zero-order valence-electron chi connectivity index (χ0n) is 11.1. The molecule has 0 fully saturated rings. The van der Waals surface area contributed by atoms with Crippen molar-refractivity contribution in [3.05, 3.63) is 63.9 Å². The van der Waals surface area contributed by atoms with Gasteiger partial charge in [0.05, 0.1) is 5.02 Å². The van der Waals surface area contributed by atoms with Crippen molar-refractivity contribution in [1.29, 1.82) is 0 Å². The molecule has 0 radical (unpaired) electrons. The number of rotatable bonds is 1. The van der Waals surface area contributed by atoms with Gasteiger partial charge in [0, 0.05) is 18.0 Å². The lowest BCUT2D eigenvalue weighted by atomic mass is 9.92. The van der Waals surface area contributed by atoms with Gasteiger partial charge in [0.2, 0.25) is 0 Å². The van der Waals surface area contributed by atoms with E-state index in [-0.39, 0.29) is 17.2 Å². The lowest BCUT2D eigenvalue weighted by Crippen LogP contribution is -2.24. The number of nitrogens with two attached hydrogens (primary N) is 1. The smallest absolute Gasteiger partial charge is 0.141 e. The molecule has 1 unspecified atom stereocenters. The van der Waals surface area contributed by atoms with Gasteiger partial charge in [-0.25, -0.2) is 4.39 Å². The Bertz CT molecular complexity index is 659. The van der Waals surface area contributed by atoms with Crippen molar-refractivity contribution in [3.8, 4) is 5.75 Å². The quantitative estimate of drug-likeness (QED) is 0.849. The summed E-state index contributed by atoms with van der Waals surface area (Å²) in [5, 5.41) is 0.106. The second kappa shape index (κ2) is 5.08. The Hall–Kier alpha value is -1.58. The Morgan fingerprint density at radius 2 is 2.05 bits per heavy atom. The average Bonchev–Trinajstić information content (AvgIpc) is 2.42. The lowest BCUT2D eigenvalue weighted by molar-refractivity contribution is 0.161. The first-order valence-corrected chi connectivity index (χ1v) is 6.90. The fourth-order valence-electron chi connectivity index (χ4n) is 2.54. The molecule has 2 atom stereocenters. The largest absolute Gasteiger partial charge is 0.485 e. The van der Waals surface area contributed by atoms with E-state index in [1.165, 1.54) is 6.07 Å². The van der Waals surface area contributed by atoms with Gasteiger partial charge >= 0.3 is 0 Å². The molecule has 104 valence electrons. The second-order valence-electron chi connectivity index (χ2n) is 5.16. The standard InChI is InChI=1S/C16H15ClFNO/c1-9-2-5-15-11(6-9)14(19)8-16(20-15)10-3-4-13(18)12(17)7-10/h2-7,14,16H,8,19H2,1H3/t14-,16?/m0/s1. The zero-order chi connectivity index (χ0) is 14.3. The van der Waals surface area contributed by atoms with Crippen LogP contribution >= 0.6 is 11.6 Å². The maximum atomic E-state index is 13.2. The van der Waals surface area contributed by atoms with E-state index in [0.29, 0.717) is 6.42 Å². The molecule has 1 aliphatic heterocycles. The van der Waals surface area contributed by atoms with E-state index in [1.807, 2.05) is 25.1 Å². The summed E-state index contributed by atoms with van der Waals surface area (Å²) in [6.45, 7) is 2.03. The van der Waals surface area contributed by atoms with Crippen molar-refractivity contribution in [3.63, 3.8) is 0 Å². The van der Waals surface area contributed by atoms with Crippen molar-refractivity contribution in [1.82, 2.24) is 0 Å². The molecule has 0 aliphatic carbocycles. The second-order valence-corrected chi connectivity index (χ2v) is 5.57. The van der Waals surface area contributed by atoms with E-state index in [4.69, 9.17) is 22.1 Å². The number of ether oxygens (including phenoxy) is 1. The topological polar surface area (TPSA) is 35.2 Å². The van der Waals surface area contributed by atoms with Gasteiger partial charge in [-0.2, -0.15) is 0 Å². The molecule has 0 amide bonds. The minimum absolute atomic E-state index is 0.0903. The molecule has 1 heterocycles. The van der Waals surface area contributed by atoms with E-state index >= 15 is 0 Å². The van der Waals surface area contributed by atoms with Crippen LogP contribution in [0.25, 0.3) is 0 Å². The highest BCUT2D eigenvalue weighted by molar-refractivity contribution is 6.30.